The lowest BCUT2D eigenvalue weighted by atomic mass is 10.2. The second-order valence-corrected chi connectivity index (χ2v) is 5.80. The first-order valence-electron chi connectivity index (χ1n) is 6.88. The summed E-state index contributed by atoms with van der Waals surface area (Å²) in [6, 6.07) is 7.96. The number of aromatic nitrogens is 2. The smallest absolute Gasteiger partial charge is 0.137 e. The van der Waals surface area contributed by atoms with Gasteiger partial charge in [0, 0.05) is 31.7 Å². The molecule has 0 radical (unpaired) electrons. The van der Waals surface area contributed by atoms with E-state index in [4.69, 9.17) is 23.2 Å². The third-order valence-electron chi connectivity index (χ3n) is 3.77. The van der Waals surface area contributed by atoms with Crippen molar-refractivity contribution in [1.29, 1.82) is 0 Å². The Morgan fingerprint density at radius 3 is 2.33 bits per heavy atom. The van der Waals surface area contributed by atoms with E-state index in [9.17, 15) is 0 Å². The van der Waals surface area contributed by atoms with Crippen LogP contribution in [0.15, 0.2) is 30.6 Å². The predicted octanol–water partition coefficient (Wildman–Crippen LogP) is 3.42. The summed E-state index contributed by atoms with van der Waals surface area (Å²) in [4.78, 5) is 12.9. The van der Waals surface area contributed by atoms with Gasteiger partial charge in [0.15, 0.2) is 0 Å². The summed E-state index contributed by atoms with van der Waals surface area (Å²) in [6.45, 7) is 5.55. The fraction of sp³-hybridized carbons (Fsp3) is 0.333. The number of hydrogen-bond acceptors (Lipinski definition) is 4. The van der Waals surface area contributed by atoms with E-state index in [-0.39, 0.29) is 0 Å². The predicted molar refractivity (Wildman–Crippen MR) is 87.7 cm³/mol. The Morgan fingerprint density at radius 2 is 1.62 bits per heavy atom. The van der Waals surface area contributed by atoms with Crippen LogP contribution in [0.1, 0.15) is 5.56 Å². The van der Waals surface area contributed by atoms with Gasteiger partial charge >= 0.3 is 0 Å². The van der Waals surface area contributed by atoms with Crippen LogP contribution in [-0.2, 0) is 0 Å². The van der Waals surface area contributed by atoms with E-state index in [0.717, 1.165) is 48.3 Å². The van der Waals surface area contributed by atoms with Crippen molar-refractivity contribution in [3.63, 3.8) is 0 Å². The lowest BCUT2D eigenvalue weighted by molar-refractivity contribution is 0.645. The van der Waals surface area contributed by atoms with E-state index in [1.165, 1.54) is 6.33 Å². The molecule has 1 aromatic carbocycles. The average molecular weight is 323 g/mol. The van der Waals surface area contributed by atoms with Crippen molar-refractivity contribution in [3.05, 3.63) is 46.3 Å². The zero-order chi connectivity index (χ0) is 14.8. The largest absolute Gasteiger partial charge is 0.367 e. The summed E-state index contributed by atoms with van der Waals surface area (Å²) in [5.41, 5.74) is 2.03. The molecule has 4 nitrogen and oxygen atoms in total. The molecular weight excluding hydrogens is 307 g/mol. The third kappa shape index (κ3) is 2.92. The molecule has 3 rings (SSSR count). The first-order valence-corrected chi connectivity index (χ1v) is 7.64. The molecule has 0 bridgehead atoms. The number of para-hydroxylation sites is 1. The van der Waals surface area contributed by atoms with Crippen LogP contribution in [0, 0.1) is 6.92 Å². The van der Waals surface area contributed by atoms with Crippen LogP contribution in [0.25, 0.3) is 0 Å². The molecule has 6 heteroatoms. The lowest BCUT2D eigenvalue weighted by Crippen LogP contribution is -2.47. The molecule has 1 aliphatic heterocycles. The van der Waals surface area contributed by atoms with Crippen LogP contribution in [0.4, 0.5) is 11.5 Å². The van der Waals surface area contributed by atoms with E-state index in [1.807, 2.05) is 25.1 Å². The molecular formula is C15H16Cl2N4. The SMILES string of the molecule is Cc1c(Cl)ncnc1N1CCN(c2ccccc2Cl)CC1. The second kappa shape index (κ2) is 6.08. The van der Waals surface area contributed by atoms with Gasteiger partial charge in [0.1, 0.15) is 17.3 Å². The highest BCUT2D eigenvalue weighted by molar-refractivity contribution is 6.33. The number of benzene rings is 1. The molecule has 2 aromatic rings. The van der Waals surface area contributed by atoms with Gasteiger partial charge in [0.2, 0.25) is 0 Å². The Labute approximate surface area is 134 Å². The van der Waals surface area contributed by atoms with Crippen molar-refractivity contribution in [3.8, 4) is 0 Å². The van der Waals surface area contributed by atoms with Gasteiger partial charge < -0.3 is 9.80 Å². The fourth-order valence-corrected chi connectivity index (χ4v) is 2.99. The van der Waals surface area contributed by atoms with Crippen LogP contribution in [0.3, 0.4) is 0 Å². The standard InChI is InChI=1S/C15H16Cl2N4/c1-11-14(17)18-10-19-15(11)21-8-6-20(7-9-21)13-5-3-2-4-12(13)16/h2-5,10H,6-9H2,1H3. The van der Waals surface area contributed by atoms with Crippen molar-refractivity contribution in [1.82, 2.24) is 9.97 Å². The van der Waals surface area contributed by atoms with Gasteiger partial charge in [-0.15, -0.1) is 0 Å². The maximum absolute atomic E-state index is 6.26. The van der Waals surface area contributed by atoms with Crippen LogP contribution in [-0.4, -0.2) is 36.1 Å². The van der Waals surface area contributed by atoms with E-state index in [2.05, 4.69) is 25.8 Å². The summed E-state index contributed by atoms with van der Waals surface area (Å²) in [5.74, 6) is 0.925. The monoisotopic (exact) mass is 322 g/mol. The van der Waals surface area contributed by atoms with E-state index in [0.29, 0.717) is 5.15 Å². The van der Waals surface area contributed by atoms with Gasteiger partial charge in [-0.3, -0.25) is 0 Å². The van der Waals surface area contributed by atoms with Crippen LogP contribution >= 0.6 is 23.2 Å². The summed E-state index contributed by atoms with van der Waals surface area (Å²) >= 11 is 12.3. The van der Waals surface area contributed by atoms with Crippen molar-refractivity contribution in [2.75, 3.05) is 36.0 Å². The Hall–Kier alpha value is -1.52. The summed E-state index contributed by atoms with van der Waals surface area (Å²) in [7, 11) is 0. The van der Waals surface area contributed by atoms with Crippen LogP contribution < -0.4 is 9.80 Å². The number of rotatable bonds is 2. The van der Waals surface area contributed by atoms with Crippen molar-refractivity contribution >= 4 is 34.7 Å². The average Bonchev–Trinajstić information content (AvgIpc) is 2.51. The summed E-state index contributed by atoms with van der Waals surface area (Å²) in [6.07, 6.45) is 1.52. The zero-order valence-corrected chi connectivity index (χ0v) is 13.3. The maximum Gasteiger partial charge on any atom is 0.137 e. The maximum atomic E-state index is 6.26. The molecule has 1 aliphatic rings. The number of hydrogen-bond donors (Lipinski definition) is 0. The van der Waals surface area contributed by atoms with Gasteiger partial charge in [-0.2, -0.15) is 0 Å². The van der Waals surface area contributed by atoms with Crippen LogP contribution in [0.2, 0.25) is 10.2 Å². The number of halogens is 2. The molecule has 1 aromatic heterocycles. The van der Waals surface area contributed by atoms with Gasteiger partial charge in [-0.1, -0.05) is 35.3 Å². The van der Waals surface area contributed by atoms with E-state index >= 15 is 0 Å². The minimum absolute atomic E-state index is 0.522. The van der Waals surface area contributed by atoms with Gasteiger partial charge in [-0.25, -0.2) is 9.97 Å². The van der Waals surface area contributed by atoms with Crippen molar-refractivity contribution < 1.29 is 0 Å². The first kappa shape index (κ1) is 14.4. The van der Waals surface area contributed by atoms with Crippen molar-refractivity contribution in [2.45, 2.75) is 6.92 Å². The number of nitrogens with zero attached hydrogens (tertiary/aromatic N) is 4. The number of anilines is 2. The topological polar surface area (TPSA) is 32.3 Å². The Balaban J connectivity index is 1.74. The minimum Gasteiger partial charge on any atom is -0.367 e. The molecule has 2 heterocycles. The van der Waals surface area contributed by atoms with Gasteiger partial charge in [0.05, 0.1) is 10.7 Å². The normalized spacial score (nSPS) is 15.4. The molecule has 1 fully saturated rings. The molecule has 0 aliphatic carbocycles. The Morgan fingerprint density at radius 1 is 0.952 bits per heavy atom. The molecule has 0 spiro atoms. The molecule has 0 saturated carbocycles. The van der Waals surface area contributed by atoms with Gasteiger partial charge in [-0.05, 0) is 19.1 Å². The molecule has 0 atom stereocenters. The second-order valence-electron chi connectivity index (χ2n) is 5.04. The Kier molecular flexibility index (Phi) is 4.17. The molecule has 110 valence electrons. The third-order valence-corrected chi connectivity index (χ3v) is 4.47. The first-order chi connectivity index (χ1) is 10.2. The summed E-state index contributed by atoms with van der Waals surface area (Å²) < 4.78 is 0. The molecule has 1 saturated heterocycles. The van der Waals surface area contributed by atoms with Crippen LogP contribution in [0.5, 0.6) is 0 Å². The number of piperazine rings is 1. The van der Waals surface area contributed by atoms with E-state index in [1.54, 1.807) is 0 Å². The quantitative estimate of drug-likeness (QED) is 0.793. The minimum atomic E-state index is 0.522. The highest BCUT2D eigenvalue weighted by atomic mass is 35.5. The van der Waals surface area contributed by atoms with E-state index < -0.39 is 0 Å². The highest BCUT2D eigenvalue weighted by Gasteiger charge is 2.21. The molecule has 21 heavy (non-hydrogen) atoms. The fourth-order valence-electron chi connectivity index (χ4n) is 2.61. The Bertz CT molecular complexity index is 639. The van der Waals surface area contributed by atoms with Gasteiger partial charge in [0.25, 0.3) is 0 Å². The summed E-state index contributed by atoms with van der Waals surface area (Å²) in [5, 5.41) is 1.32. The highest BCUT2D eigenvalue weighted by Crippen LogP contribution is 2.28. The molecule has 0 N–H and O–H groups in total. The van der Waals surface area contributed by atoms with Crippen molar-refractivity contribution in [2.24, 2.45) is 0 Å². The lowest BCUT2D eigenvalue weighted by Gasteiger charge is -2.37. The zero-order valence-electron chi connectivity index (χ0n) is 11.8. The molecule has 0 amide bonds. The molecule has 0 unspecified atom stereocenters.